The Morgan fingerprint density at radius 2 is 2.43 bits per heavy atom. The minimum absolute atomic E-state index is 0.187. The van der Waals surface area contributed by atoms with E-state index in [2.05, 4.69) is 20.6 Å². The van der Waals surface area contributed by atoms with Gasteiger partial charge in [-0.15, -0.1) is 0 Å². The molecule has 0 bridgehead atoms. The van der Waals surface area contributed by atoms with Crippen molar-refractivity contribution in [2.24, 2.45) is 4.99 Å². The molecule has 1 aromatic rings. The van der Waals surface area contributed by atoms with Gasteiger partial charge in [-0.05, 0) is 31.0 Å². The van der Waals surface area contributed by atoms with Crippen LogP contribution in [0.3, 0.4) is 0 Å². The van der Waals surface area contributed by atoms with Crippen molar-refractivity contribution in [3.63, 3.8) is 0 Å². The van der Waals surface area contributed by atoms with Crippen molar-refractivity contribution in [1.82, 2.24) is 15.6 Å². The van der Waals surface area contributed by atoms with Crippen molar-refractivity contribution in [3.05, 3.63) is 42.5 Å². The molecule has 6 heteroatoms. The number of nitrogens with one attached hydrogen (secondary N) is 2. The highest BCUT2D eigenvalue weighted by Gasteiger charge is 2.33. The number of hydrogen-bond donors (Lipinski definition) is 2. The Labute approximate surface area is 123 Å². The summed E-state index contributed by atoms with van der Waals surface area (Å²) in [5, 5.41) is 6.31. The first-order valence-corrected chi connectivity index (χ1v) is 7.13. The van der Waals surface area contributed by atoms with Crippen LogP contribution in [0.15, 0.2) is 41.9 Å². The molecule has 110 valence electrons. The number of carbonyl (C=O) groups is 1. The van der Waals surface area contributed by atoms with Gasteiger partial charge in [0.05, 0.1) is 6.04 Å². The smallest absolute Gasteiger partial charge is 0.317 e. The van der Waals surface area contributed by atoms with Gasteiger partial charge in [0, 0.05) is 31.0 Å². The molecular weight excluding hydrogens is 268 g/mol. The Morgan fingerprint density at radius 1 is 1.48 bits per heavy atom. The van der Waals surface area contributed by atoms with E-state index in [9.17, 15) is 4.79 Å². The second-order valence-electron chi connectivity index (χ2n) is 5.09. The molecule has 0 aromatic carbocycles. The highest BCUT2D eigenvalue weighted by Crippen LogP contribution is 2.23. The summed E-state index contributed by atoms with van der Waals surface area (Å²) in [6, 6.07) is 3.47. The SMILES string of the molecule is O=C(OC1CCCN1)C(c1cccnc1)C1C=NC=CN1. The number of ether oxygens (including phenoxy) is 1. The van der Waals surface area contributed by atoms with Gasteiger partial charge in [0.15, 0.2) is 6.23 Å². The summed E-state index contributed by atoms with van der Waals surface area (Å²) >= 11 is 0. The second kappa shape index (κ2) is 6.49. The van der Waals surface area contributed by atoms with E-state index >= 15 is 0 Å². The largest absolute Gasteiger partial charge is 0.446 e. The molecule has 0 spiro atoms. The van der Waals surface area contributed by atoms with Gasteiger partial charge in [0.1, 0.15) is 5.92 Å². The lowest BCUT2D eigenvalue weighted by Gasteiger charge is -2.25. The van der Waals surface area contributed by atoms with Gasteiger partial charge in [-0.2, -0.15) is 0 Å². The fraction of sp³-hybridized carbons (Fsp3) is 0.400. The van der Waals surface area contributed by atoms with Crippen LogP contribution in [-0.4, -0.2) is 36.0 Å². The lowest BCUT2D eigenvalue weighted by atomic mass is 9.93. The average Bonchev–Trinajstić information content (AvgIpc) is 3.02. The molecule has 3 unspecified atom stereocenters. The van der Waals surface area contributed by atoms with Gasteiger partial charge in [0.2, 0.25) is 0 Å². The van der Waals surface area contributed by atoms with Crippen molar-refractivity contribution in [3.8, 4) is 0 Å². The number of rotatable bonds is 4. The van der Waals surface area contributed by atoms with Gasteiger partial charge >= 0.3 is 5.97 Å². The van der Waals surface area contributed by atoms with Crippen LogP contribution < -0.4 is 10.6 Å². The average molecular weight is 286 g/mol. The molecule has 3 heterocycles. The summed E-state index contributed by atoms with van der Waals surface area (Å²) in [5.41, 5.74) is 0.819. The summed E-state index contributed by atoms with van der Waals surface area (Å²) in [6.07, 6.45) is 10.2. The summed E-state index contributed by atoms with van der Waals surface area (Å²) < 4.78 is 5.58. The maximum absolute atomic E-state index is 12.6. The lowest BCUT2D eigenvalue weighted by molar-refractivity contribution is -0.152. The number of hydrogen-bond acceptors (Lipinski definition) is 6. The predicted molar refractivity (Wildman–Crippen MR) is 78.7 cm³/mol. The molecule has 3 rings (SSSR count). The van der Waals surface area contributed by atoms with Gasteiger partial charge in [0.25, 0.3) is 0 Å². The first-order valence-electron chi connectivity index (χ1n) is 7.13. The fourth-order valence-corrected chi connectivity index (χ4v) is 2.58. The third-order valence-electron chi connectivity index (χ3n) is 3.63. The molecule has 2 aliphatic heterocycles. The maximum Gasteiger partial charge on any atom is 0.317 e. The van der Waals surface area contributed by atoms with E-state index in [4.69, 9.17) is 4.74 Å². The molecular formula is C15H18N4O2. The van der Waals surface area contributed by atoms with Crippen molar-refractivity contribution < 1.29 is 9.53 Å². The van der Waals surface area contributed by atoms with Crippen LogP contribution in [0.25, 0.3) is 0 Å². The quantitative estimate of drug-likeness (QED) is 0.805. The van der Waals surface area contributed by atoms with Crippen LogP contribution >= 0.6 is 0 Å². The van der Waals surface area contributed by atoms with Crippen molar-refractivity contribution in [2.75, 3.05) is 6.54 Å². The molecule has 21 heavy (non-hydrogen) atoms. The summed E-state index contributed by atoms with van der Waals surface area (Å²) in [4.78, 5) is 20.8. The van der Waals surface area contributed by atoms with Crippen molar-refractivity contribution in [1.29, 1.82) is 0 Å². The Morgan fingerprint density at radius 3 is 3.10 bits per heavy atom. The number of nitrogens with zero attached hydrogens (tertiary/aromatic N) is 2. The van der Waals surface area contributed by atoms with Crippen LogP contribution in [0.4, 0.5) is 0 Å². The zero-order valence-electron chi connectivity index (χ0n) is 11.6. The van der Waals surface area contributed by atoms with Crippen LogP contribution in [0, 0.1) is 0 Å². The summed E-state index contributed by atoms with van der Waals surface area (Å²) in [6.45, 7) is 0.890. The number of aromatic nitrogens is 1. The molecule has 0 aliphatic carbocycles. The van der Waals surface area contributed by atoms with Crippen molar-refractivity contribution in [2.45, 2.75) is 31.0 Å². The van der Waals surface area contributed by atoms with E-state index in [1.54, 1.807) is 31.0 Å². The van der Waals surface area contributed by atoms with E-state index in [0.29, 0.717) is 0 Å². The molecule has 1 aromatic heterocycles. The maximum atomic E-state index is 12.6. The third-order valence-corrected chi connectivity index (χ3v) is 3.63. The molecule has 2 aliphatic rings. The number of aliphatic imine (C=N–C) groups is 1. The Bertz CT molecular complexity index is 538. The first kappa shape index (κ1) is 13.8. The summed E-state index contributed by atoms with van der Waals surface area (Å²) in [5.74, 6) is -0.726. The minimum Gasteiger partial charge on any atom is -0.446 e. The van der Waals surface area contributed by atoms with Crippen LogP contribution in [0.5, 0.6) is 0 Å². The van der Waals surface area contributed by atoms with Gasteiger partial charge in [-0.25, -0.2) is 0 Å². The van der Waals surface area contributed by atoms with Crippen LogP contribution in [-0.2, 0) is 9.53 Å². The van der Waals surface area contributed by atoms with Gasteiger partial charge < -0.3 is 10.1 Å². The predicted octanol–water partition coefficient (Wildman–Crippen LogP) is 0.932. The standard InChI is InChI=1S/C15H18N4O2/c20-15(21-13-4-2-6-19-13)14(11-3-1-5-16-9-11)12-10-17-7-8-18-12/h1,3,5,7-10,12-14,18-19H,2,4,6H2. The zero-order valence-corrected chi connectivity index (χ0v) is 11.6. The molecule has 0 saturated carbocycles. The lowest BCUT2D eigenvalue weighted by Crippen LogP contribution is -2.41. The van der Waals surface area contributed by atoms with E-state index in [0.717, 1.165) is 24.9 Å². The first-order chi connectivity index (χ1) is 10.3. The van der Waals surface area contributed by atoms with E-state index in [1.165, 1.54) is 0 Å². The van der Waals surface area contributed by atoms with E-state index in [-0.39, 0.29) is 18.2 Å². The number of carbonyl (C=O) groups excluding carboxylic acids is 1. The van der Waals surface area contributed by atoms with Gasteiger partial charge in [-0.3, -0.25) is 20.1 Å². The van der Waals surface area contributed by atoms with Crippen LogP contribution in [0.1, 0.15) is 24.3 Å². The zero-order chi connectivity index (χ0) is 14.5. The third kappa shape index (κ3) is 3.28. The number of esters is 1. The van der Waals surface area contributed by atoms with Gasteiger partial charge in [-0.1, -0.05) is 6.07 Å². The molecule has 2 N–H and O–H groups in total. The van der Waals surface area contributed by atoms with Crippen molar-refractivity contribution >= 4 is 12.2 Å². The highest BCUT2D eigenvalue weighted by molar-refractivity contribution is 5.85. The molecule has 6 nitrogen and oxygen atoms in total. The topological polar surface area (TPSA) is 75.6 Å². The minimum atomic E-state index is -0.463. The Hall–Kier alpha value is -2.21. The monoisotopic (exact) mass is 286 g/mol. The highest BCUT2D eigenvalue weighted by atomic mass is 16.6. The fourth-order valence-electron chi connectivity index (χ4n) is 2.58. The summed E-state index contributed by atoms with van der Waals surface area (Å²) in [7, 11) is 0. The molecule has 3 atom stereocenters. The van der Waals surface area contributed by atoms with E-state index in [1.807, 2.05) is 12.1 Å². The Balaban J connectivity index is 1.79. The van der Waals surface area contributed by atoms with Crippen LogP contribution in [0.2, 0.25) is 0 Å². The second-order valence-corrected chi connectivity index (χ2v) is 5.09. The molecule has 1 fully saturated rings. The van der Waals surface area contributed by atoms with E-state index < -0.39 is 5.92 Å². The molecule has 0 radical (unpaired) electrons. The Kier molecular flexibility index (Phi) is 4.25. The molecule has 1 saturated heterocycles. The number of pyridine rings is 1. The normalized spacial score (nSPS) is 25.3. The molecule has 0 amide bonds.